The topological polar surface area (TPSA) is 56.8 Å². The van der Waals surface area contributed by atoms with Gasteiger partial charge in [-0.3, -0.25) is 5.32 Å². The number of carbonyl (C=O) groups is 1. The van der Waals surface area contributed by atoms with E-state index in [1.807, 2.05) is 25.1 Å². The zero-order chi connectivity index (χ0) is 14.7. The van der Waals surface area contributed by atoms with Crippen molar-refractivity contribution >= 4 is 5.97 Å². The highest BCUT2D eigenvalue weighted by Crippen LogP contribution is 2.35. The van der Waals surface area contributed by atoms with Crippen LogP contribution >= 0.6 is 0 Å². The Kier molecular flexibility index (Phi) is 4.29. The Labute approximate surface area is 124 Å². The number of nitrogens with one attached hydrogen (secondary N) is 1. The van der Waals surface area contributed by atoms with E-state index >= 15 is 0 Å². The van der Waals surface area contributed by atoms with Gasteiger partial charge >= 0.3 is 5.97 Å². The van der Waals surface area contributed by atoms with Gasteiger partial charge in [0.1, 0.15) is 6.04 Å². The second-order valence-electron chi connectivity index (χ2n) is 5.45. The zero-order valence-electron chi connectivity index (χ0n) is 12.3. The van der Waals surface area contributed by atoms with E-state index in [-0.39, 0.29) is 12.8 Å². The second kappa shape index (κ2) is 6.35. The fraction of sp³-hybridized carbons (Fsp3) is 0.562. The number of rotatable bonds is 5. The van der Waals surface area contributed by atoms with Crippen LogP contribution in [0.25, 0.3) is 0 Å². The van der Waals surface area contributed by atoms with Crippen molar-refractivity contribution in [3.63, 3.8) is 0 Å². The van der Waals surface area contributed by atoms with Crippen LogP contribution in [0.3, 0.4) is 0 Å². The van der Waals surface area contributed by atoms with Gasteiger partial charge < -0.3 is 14.2 Å². The molecule has 1 aromatic rings. The number of carbonyl (C=O) groups excluding carboxylic acids is 1. The van der Waals surface area contributed by atoms with Crippen molar-refractivity contribution in [2.45, 2.75) is 44.7 Å². The fourth-order valence-corrected chi connectivity index (χ4v) is 2.95. The summed E-state index contributed by atoms with van der Waals surface area (Å²) in [7, 11) is 0. The number of esters is 1. The summed E-state index contributed by atoms with van der Waals surface area (Å²) in [5.74, 6) is 1.18. The Morgan fingerprint density at radius 1 is 1.33 bits per heavy atom. The molecule has 1 saturated carbocycles. The van der Waals surface area contributed by atoms with Crippen LogP contribution in [0.15, 0.2) is 18.2 Å². The molecule has 1 heterocycles. The van der Waals surface area contributed by atoms with Crippen molar-refractivity contribution in [3.8, 4) is 11.5 Å². The molecule has 5 nitrogen and oxygen atoms in total. The first-order valence-electron chi connectivity index (χ1n) is 7.60. The molecule has 0 aromatic heterocycles. The van der Waals surface area contributed by atoms with Crippen LogP contribution in [0.4, 0.5) is 0 Å². The minimum Gasteiger partial charge on any atom is -0.465 e. The summed E-state index contributed by atoms with van der Waals surface area (Å²) in [4.78, 5) is 12.3. The normalized spacial score (nSPS) is 18.7. The summed E-state index contributed by atoms with van der Waals surface area (Å²) < 4.78 is 15.9. The number of benzene rings is 1. The first kappa shape index (κ1) is 14.2. The minimum absolute atomic E-state index is 0.233. The molecule has 1 N–H and O–H groups in total. The monoisotopic (exact) mass is 291 g/mol. The lowest BCUT2D eigenvalue weighted by Crippen LogP contribution is -2.36. The maximum Gasteiger partial charge on any atom is 0.327 e. The highest BCUT2D eigenvalue weighted by atomic mass is 16.7. The predicted octanol–water partition coefficient (Wildman–Crippen LogP) is 2.55. The molecule has 3 rings (SSSR count). The molecule has 21 heavy (non-hydrogen) atoms. The Bertz CT molecular complexity index is 511. The van der Waals surface area contributed by atoms with Crippen LogP contribution in [-0.2, 0) is 9.53 Å². The third-order valence-corrected chi connectivity index (χ3v) is 4.01. The fourth-order valence-electron chi connectivity index (χ4n) is 2.95. The van der Waals surface area contributed by atoms with E-state index in [1.54, 1.807) is 0 Å². The highest BCUT2D eigenvalue weighted by molar-refractivity contribution is 5.78. The molecule has 0 amide bonds. The van der Waals surface area contributed by atoms with Gasteiger partial charge in [-0.05, 0) is 37.5 Å². The van der Waals surface area contributed by atoms with Crippen molar-refractivity contribution in [2.24, 2.45) is 0 Å². The summed E-state index contributed by atoms with van der Waals surface area (Å²) >= 11 is 0. The lowest BCUT2D eigenvalue weighted by Gasteiger charge is -2.22. The molecule has 1 fully saturated rings. The van der Waals surface area contributed by atoms with E-state index in [4.69, 9.17) is 14.2 Å². The molecule has 2 aliphatic rings. The average Bonchev–Trinajstić information content (AvgIpc) is 3.15. The number of hydrogen-bond acceptors (Lipinski definition) is 5. The maximum absolute atomic E-state index is 12.3. The molecule has 114 valence electrons. The van der Waals surface area contributed by atoms with Crippen molar-refractivity contribution in [1.29, 1.82) is 0 Å². The molecule has 1 aliphatic heterocycles. The van der Waals surface area contributed by atoms with E-state index in [9.17, 15) is 4.79 Å². The van der Waals surface area contributed by atoms with Crippen molar-refractivity contribution in [2.75, 3.05) is 13.4 Å². The Morgan fingerprint density at radius 2 is 2.10 bits per heavy atom. The van der Waals surface area contributed by atoms with Gasteiger partial charge in [-0.1, -0.05) is 18.9 Å². The molecule has 0 radical (unpaired) electrons. The highest BCUT2D eigenvalue weighted by Gasteiger charge is 2.28. The molecular formula is C16H21NO4. The van der Waals surface area contributed by atoms with Crippen LogP contribution < -0.4 is 14.8 Å². The summed E-state index contributed by atoms with van der Waals surface area (Å²) in [5.41, 5.74) is 0.865. The first-order valence-corrected chi connectivity index (χ1v) is 7.60. The molecule has 1 atom stereocenters. The van der Waals surface area contributed by atoms with Gasteiger partial charge in [0, 0.05) is 6.04 Å². The molecule has 0 spiro atoms. The average molecular weight is 291 g/mol. The molecule has 0 bridgehead atoms. The molecule has 0 saturated heterocycles. The van der Waals surface area contributed by atoms with Gasteiger partial charge in [0.25, 0.3) is 0 Å². The molecule has 1 unspecified atom stereocenters. The minimum atomic E-state index is -0.442. The predicted molar refractivity (Wildman–Crippen MR) is 77.3 cm³/mol. The summed E-state index contributed by atoms with van der Waals surface area (Å²) in [6, 6.07) is 5.55. The Hall–Kier alpha value is -1.75. The van der Waals surface area contributed by atoms with Gasteiger partial charge in [0.2, 0.25) is 6.79 Å². The van der Waals surface area contributed by atoms with Gasteiger partial charge in [0.15, 0.2) is 11.5 Å². The van der Waals surface area contributed by atoms with Crippen molar-refractivity contribution in [1.82, 2.24) is 5.32 Å². The largest absolute Gasteiger partial charge is 0.465 e. The van der Waals surface area contributed by atoms with Crippen LogP contribution in [0.1, 0.15) is 44.2 Å². The van der Waals surface area contributed by atoms with Gasteiger partial charge in [-0.15, -0.1) is 0 Å². The van der Waals surface area contributed by atoms with Crippen molar-refractivity contribution < 1.29 is 19.0 Å². The van der Waals surface area contributed by atoms with E-state index in [0.717, 1.165) is 24.2 Å². The van der Waals surface area contributed by atoms with Crippen LogP contribution in [0, 0.1) is 0 Å². The molecule has 1 aromatic carbocycles. The Morgan fingerprint density at radius 3 is 2.86 bits per heavy atom. The first-order chi connectivity index (χ1) is 10.3. The third kappa shape index (κ3) is 3.13. The second-order valence-corrected chi connectivity index (χ2v) is 5.45. The summed E-state index contributed by atoms with van der Waals surface area (Å²) in [5, 5.41) is 3.44. The van der Waals surface area contributed by atoms with Crippen LogP contribution in [-0.4, -0.2) is 25.4 Å². The molecule has 5 heteroatoms. The molecular weight excluding hydrogens is 270 g/mol. The van der Waals surface area contributed by atoms with Gasteiger partial charge in [-0.2, -0.15) is 0 Å². The molecule has 1 aliphatic carbocycles. The number of ether oxygens (including phenoxy) is 3. The quantitative estimate of drug-likeness (QED) is 0.845. The number of hydrogen-bond donors (Lipinski definition) is 1. The van der Waals surface area contributed by atoms with E-state index in [2.05, 4.69) is 5.32 Å². The van der Waals surface area contributed by atoms with E-state index in [1.165, 1.54) is 12.8 Å². The van der Waals surface area contributed by atoms with Crippen LogP contribution in [0.5, 0.6) is 11.5 Å². The summed E-state index contributed by atoms with van der Waals surface area (Å²) in [6.45, 7) is 2.44. The smallest absolute Gasteiger partial charge is 0.327 e. The van der Waals surface area contributed by atoms with E-state index < -0.39 is 6.04 Å². The van der Waals surface area contributed by atoms with Crippen LogP contribution in [0.2, 0.25) is 0 Å². The van der Waals surface area contributed by atoms with Crippen molar-refractivity contribution in [3.05, 3.63) is 23.8 Å². The van der Waals surface area contributed by atoms with E-state index in [0.29, 0.717) is 18.4 Å². The van der Waals surface area contributed by atoms with Gasteiger partial charge in [0.05, 0.1) is 6.61 Å². The zero-order valence-corrected chi connectivity index (χ0v) is 12.3. The SMILES string of the molecule is CCOC(=O)C(NC1CCCC1)c1ccc2c(c1)OCO2. The third-order valence-electron chi connectivity index (χ3n) is 4.01. The standard InChI is InChI=1S/C16H21NO4/c1-2-19-16(18)15(17-12-5-3-4-6-12)11-7-8-13-14(9-11)21-10-20-13/h7-9,12,15,17H,2-6,10H2,1H3. The Balaban J connectivity index is 1.81. The lowest BCUT2D eigenvalue weighted by molar-refractivity contribution is -0.146. The van der Waals surface area contributed by atoms with Gasteiger partial charge in [-0.25, -0.2) is 4.79 Å². The summed E-state index contributed by atoms with van der Waals surface area (Å²) in [6.07, 6.45) is 4.66. The maximum atomic E-state index is 12.3. The lowest BCUT2D eigenvalue weighted by atomic mass is 10.0. The number of fused-ring (bicyclic) bond motifs is 1.